The zero-order valence-electron chi connectivity index (χ0n) is 15.8. The Morgan fingerprint density at radius 1 is 1.22 bits per heavy atom. The molecule has 5 nitrogen and oxygen atoms in total. The van der Waals surface area contributed by atoms with Gasteiger partial charge in [-0.25, -0.2) is 4.98 Å². The molecule has 1 amide bonds. The Labute approximate surface area is 169 Å². The van der Waals surface area contributed by atoms with Gasteiger partial charge >= 0.3 is 0 Å². The molecular formula is C21H28BrN3O2. The van der Waals surface area contributed by atoms with Crippen molar-refractivity contribution in [3.8, 4) is 0 Å². The number of hydrogen-bond donors (Lipinski definition) is 1. The van der Waals surface area contributed by atoms with Crippen LogP contribution in [-0.2, 0) is 9.53 Å². The Balaban J connectivity index is 1.22. The van der Waals surface area contributed by atoms with E-state index in [9.17, 15) is 4.79 Å². The predicted octanol–water partition coefficient (Wildman–Crippen LogP) is 3.98. The van der Waals surface area contributed by atoms with Gasteiger partial charge in [-0.1, -0.05) is 15.9 Å². The maximum absolute atomic E-state index is 12.8. The first-order chi connectivity index (χ1) is 13.0. The number of nitrogens with one attached hydrogen (secondary N) is 1. The van der Waals surface area contributed by atoms with E-state index in [0.29, 0.717) is 10.7 Å². The number of rotatable bonds is 4. The number of amides is 1. The lowest BCUT2D eigenvalue weighted by Crippen LogP contribution is -2.53. The van der Waals surface area contributed by atoms with Crippen LogP contribution in [0, 0.1) is 17.3 Å². The van der Waals surface area contributed by atoms with Crippen LogP contribution in [0.2, 0.25) is 0 Å². The van der Waals surface area contributed by atoms with E-state index < -0.39 is 0 Å². The predicted molar refractivity (Wildman–Crippen MR) is 109 cm³/mol. The Morgan fingerprint density at radius 2 is 1.96 bits per heavy atom. The number of carbonyl (C=O) groups is 1. The number of alkyl halides is 1. The van der Waals surface area contributed by atoms with Crippen LogP contribution in [0.1, 0.15) is 44.9 Å². The molecule has 4 aliphatic carbocycles. The second-order valence-electron chi connectivity index (χ2n) is 9.34. The molecule has 1 N–H and O–H groups in total. The minimum atomic E-state index is 0.147. The van der Waals surface area contributed by atoms with Gasteiger partial charge in [0.2, 0.25) is 5.91 Å². The highest BCUT2D eigenvalue weighted by molar-refractivity contribution is 9.10. The summed E-state index contributed by atoms with van der Waals surface area (Å²) < 4.78 is 5.69. The van der Waals surface area contributed by atoms with E-state index in [2.05, 4.69) is 31.1 Å². The molecule has 146 valence electrons. The zero-order chi connectivity index (χ0) is 18.5. The molecule has 1 aromatic heterocycles. The van der Waals surface area contributed by atoms with Gasteiger partial charge in [0.1, 0.15) is 5.82 Å². The summed E-state index contributed by atoms with van der Waals surface area (Å²) in [7, 11) is 0. The fourth-order valence-electron chi connectivity index (χ4n) is 6.53. The van der Waals surface area contributed by atoms with Gasteiger partial charge in [-0.05, 0) is 67.9 Å². The van der Waals surface area contributed by atoms with Crippen molar-refractivity contribution in [3.05, 3.63) is 18.3 Å². The second-order valence-corrected chi connectivity index (χ2v) is 11.0. The molecule has 1 saturated heterocycles. The number of pyridine rings is 1. The highest BCUT2D eigenvalue weighted by atomic mass is 79.9. The first-order valence-electron chi connectivity index (χ1n) is 10.3. The average Bonchev–Trinajstić information content (AvgIpc) is 2.60. The van der Waals surface area contributed by atoms with Gasteiger partial charge in [0.15, 0.2) is 0 Å². The number of morpholine rings is 1. The molecule has 0 spiro atoms. The normalized spacial score (nSPS) is 37.4. The Morgan fingerprint density at radius 3 is 2.59 bits per heavy atom. The van der Waals surface area contributed by atoms with Crippen molar-refractivity contribution < 1.29 is 9.53 Å². The number of carbonyl (C=O) groups excluding carboxylic acids is 1. The fraction of sp³-hybridized carbons (Fsp3) is 0.714. The fourth-order valence-corrected chi connectivity index (χ4v) is 8.04. The Hall–Kier alpha value is -1.14. The van der Waals surface area contributed by atoms with Crippen LogP contribution in [0.5, 0.6) is 0 Å². The molecule has 1 aromatic rings. The molecule has 0 aromatic carbocycles. The van der Waals surface area contributed by atoms with Gasteiger partial charge < -0.3 is 15.0 Å². The topological polar surface area (TPSA) is 54.5 Å². The van der Waals surface area contributed by atoms with Crippen molar-refractivity contribution in [2.75, 3.05) is 36.5 Å². The van der Waals surface area contributed by atoms with Crippen molar-refractivity contribution in [1.29, 1.82) is 0 Å². The largest absolute Gasteiger partial charge is 0.378 e. The average molecular weight is 434 g/mol. The lowest BCUT2D eigenvalue weighted by Gasteiger charge is -2.60. The Kier molecular flexibility index (Phi) is 4.47. The summed E-state index contributed by atoms with van der Waals surface area (Å²) in [6.07, 6.45) is 10.1. The molecule has 6 heteroatoms. The number of anilines is 2. The van der Waals surface area contributed by atoms with Crippen LogP contribution < -0.4 is 10.2 Å². The summed E-state index contributed by atoms with van der Waals surface area (Å²) in [4.78, 5) is 19.6. The van der Waals surface area contributed by atoms with Crippen LogP contribution >= 0.6 is 15.9 Å². The van der Waals surface area contributed by atoms with Gasteiger partial charge in [-0.15, -0.1) is 0 Å². The quantitative estimate of drug-likeness (QED) is 0.729. The molecule has 5 fully saturated rings. The highest BCUT2D eigenvalue weighted by Crippen LogP contribution is 2.65. The first kappa shape index (κ1) is 17.9. The summed E-state index contributed by atoms with van der Waals surface area (Å²) in [5, 5.41) is 3.10. The third kappa shape index (κ3) is 3.63. The Bertz CT molecular complexity index is 703. The van der Waals surface area contributed by atoms with Crippen molar-refractivity contribution in [3.63, 3.8) is 0 Å². The van der Waals surface area contributed by atoms with Crippen molar-refractivity contribution >= 4 is 33.3 Å². The number of hydrogen-bond acceptors (Lipinski definition) is 4. The van der Waals surface area contributed by atoms with E-state index in [-0.39, 0.29) is 11.3 Å². The standard InChI is InChI=1S/C21H28BrN3O2/c22-21-10-15-7-16(11-21)9-20(8-15,14-21)12-19(26)24-17-1-2-18(23-13-17)25-3-5-27-6-4-25/h1-2,13,15-16H,3-12,14H2,(H,24,26). The summed E-state index contributed by atoms with van der Waals surface area (Å²) in [5.41, 5.74) is 1.01. The summed E-state index contributed by atoms with van der Waals surface area (Å²) in [6.45, 7) is 3.24. The van der Waals surface area contributed by atoms with Gasteiger partial charge in [0.05, 0.1) is 25.1 Å². The summed E-state index contributed by atoms with van der Waals surface area (Å²) >= 11 is 4.04. The first-order valence-corrected chi connectivity index (χ1v) is 11.1. The maximum Gasteiger partial charge on any atom is 0.224 e. The number of halogens is 1. The zero-order valence-corrected chi connectivity index (χ0v) is 17.3. The van der Waals surface area contributed by atoms with Gasteiger partial charge in [0, 0.05) is 23.8 Å². The molecule has 27 heavy (non-hydrogen) atoms. The van der Waals surface area contributed by atoms with Crippen LogP contribution in [0.25, 0.3) is 0 Å². The van der Waals surface area contributed by atoms with Crippen LogP contribution in [-0.4, -0.2) is 41.5 Å². The molecule has 1 aliphatic heterocycles. The highest BCUT2D eigenvalue weighted by Gasteiger charge is 2.57. The van der Waals surface area contributed by atoms with E-state index in [1.165, 1.54) is 32.1 Å². The molecule has 5 aliphatic rings. The molecule has 4 saturated carbocycles. The van der Waals surface area contributed by atoms with Crippen molar-refractivity contribution in [2.24, 2.45) is 17.3 Å². The molecule has 2 unspecified atom stereocenters. The van der Waals surface area contributed by atoms with E-state index >= 15 is 0 Å². The smallest absolute Gasteiger partial charge is 0.224 e. The lowest BCUT2D eigenvalue weighted by molar-refractivity contribution is -0.123. The monoisotopic (exact) mass is 433 g/mol. The molecule has 6 rings (SSSR count). The van der Waals surface area contributed by atoms with Crippen molar-refractivity contribution in [1.82, 2.24) is 4.98 Å². The lowest BCUT2D eigenvalue weighted by atomic mass is 9.48. The van der Waals surface area contributed by atoms with E-state index in [4.69, 9.17) is 4.74 Å². The molecule has 2 atom stereocenters. The van der Waals surface area contributed by atoms with E-state index in [1.807, 2.05) is 12.1 Å². The third-order valence-corrected chi connectivity index (χ3v) is 7.94. The minimum Gasteiger partial charge on any atom is -0.378 e. The van der Waals surface area contributed by atoms with Crippen LogP contribution in [0.3, 0.4) is 0 Å². The summed E-state index contributed by atoms with van der Waals surface area (Å²) in [5.74, 6) is 2.73. The molecule has 0 radical (unpaired) electrons. The number of ether oxygens (including phenoxy) is 1. The minimum absolute atomic E-state index is 0.147. The van der Waals surface area contributed by atoms with E-state index in [0.717, 1.165) is 56.1 Å². The molecular weight excluding hydrogens is 406 g/mol. The van der Waals surface area contributed by atoms with Crippen LogP contribution in [0.4, 0.5) is 11.5 Å². The number of aromatic nitrogens is 1. The maximum atomic E-state index is 12.8. The van der Waals surface area contributed by atoms with Crippen molar-refractivity contribution in [2.45, 2.75) is 49.3 Å². The third-order valence-electron chi connectivity index (χ3n) is 7.01. The van der Waals surface area contributed by atoms with E-state index in [1.54, 1.807) is 6.20 Å². The van der Waals surface area contributed by atoms with Crippen LogP contribution in [0.15, 0.2) is 18.3 Å². The van der Waals surface area contributed by atoms with Gasteiger partial charge in [0.25, 0.3) is 0 Å². The molecule has 4 bridgehead atoms. The number of nitrogens with zero attached hydrogens (tertiary/aromatic N) is 2. The SMILES string of the molecule is O=C(CC12CC3CC(CC(Br)(C3)C1)C2)Nc1ccc(N2CCOCC2)nc1. The summed E-state index contributed by atoms with van der Waals surface area (Å²) in [6, 6.07) is 3.97. The second kappa shape index (κ2) is 6.73. The van der Waals surface area contributed by atoms with Gasteiger partial charge in [-0.2, -0.15) is 0 Å². The molecule has 2 heterocycles. The van der Waals surface area contributed by atoms with Gasteiger partial charge in [-0.3, -0.25) is 4.79 Å².